The van der Waals surface area contributed by atoms with Gasteiger partial charge in [-0.2, -0.15) is 13.2 Å². The van der Waals surface area contributed by atoms with Crippen molar-refractivity contribution >= 4 is 45.9 Å². The molecular weight excluding hydrogens is 824 g/mol. The van der Waals surface area contributed by atoms with E-state index in [9.17, 15) is 23.1 Å². The van der Waals surface area contributed by atoms with E-state index in [1.807, 2.05) is 17.7 Å². The Morgan fingerprint density at radius 1 is 0.984 bits per heavy atom. The molecule has 6 atom stereocenters. The number of aliphatic imine (C=N–C) groups is 1. The molecule has 1 amide bonds. The van der Waals surface area contributed by atoms with Crippen LogP contribution in [-0.2, 0) is 23.7 Å². The number of nitrogens with one attached hydrogen (secondary N) is 1. The number of anilines is 1. The number of aromatic nitrogens is 6. The molecule has 6 heterocycles. The minimum atomic E-state index is -5.01. The van der Waals surface area contributed by atoms with Gasteiger partial charge in [-0.1, -0.05) is 40.8 Å². The van der Waals surface area contributed by atoms with Crippen LogP contribution in [-0.4, -0.2) is 129 Å². The van der Waals surface area contributed by atoms with Crippen molar-refractivity contribution in [1.29, 1.82) is 0 Å². The van der Waals surface area contributed by atoms with E-state index in [1.54, 1.807) is 35.1 Å². The van der Waals surface area contributed by atoms with E-state index < -0.39 is 37.1 Å². The van der Waals surface area contributed by atoms with Crippen LogP contribution in [0.25, 0.3) is 43.0 Å². The zero-order chi connectivity index (χ0) is 44.8. The molecule has 0 spiro atoms. The van der Waals surface area contributed by atoms with Gasteiger partial charge in [0.1, 0.15) is 61.8 Å². The van der Waals surface area contributed by atoms with Crippen molar-refractivity contribution in [2.75, 3.05) is 53.0 Å². The monoisotopic (exact) mass is 865 g/mol. The molecule has 62 heavy (non-hydrogen) atoms. The third kappa shape index (κ3) is 11.3. The van der Waals surface area contributed by atoms with Crippen molar-refractivity contribution in [3.8, 4) is 23.7 Å². The van der Waals surface area contributed by atoms with Crippen LogP contribution in [0.4, 0.5) is 24.8 Å². The van der Waals surface area contributed by atoms with Gasteiger partial charge in [0.25, 0.3) is 0 Å². The van der Waals surface area contributed by atoms with Gasteiger partial charge in [0.2, 0.25) is 0 Å². The maximum atomic E-state index is 12.4. The first kappa shape index (κ1) is 46.3. The van der Waals surface area contributed by atoms with Crippen LogP contribution >= 0.6 is 0 Å². The van der Waals surface area contributed by atoms with Gasteiger partial charge in [-0.15, -0.1) is 0 Å². The zero-order valence-electron chi connectivity index (χ0n) is 33.5. The van der Waals surface area contributed by atoms with Gasteiger partial charge in [0, 0.05) is 49.2 Å². The summed E-state index contributed by atoms with van der Waals surface area (Å²) in [7, 11) is 3.52. The molecule has 6 unspecified atom stereocenters. The fourth-order valence-electron chi connectivity index (χ4n) is 6.51. The molecule has 0 aliphatic carbocycles. The van der Waals surface area contributed by atoms with E-state index in [0.717, 1.165) is 6.42 Å². The Morgan fingerprint density at radius 3 is 2.11 bits per heavy atom. The SMILES string of the molecule is CCC1OC(n2cc(C#CCN)c3c(N)ncnc32)CC1OCN=[N+]=[N-].CN(C)C=Nc1ncnc2c1c(C#CCNC(=O)C(F)(F)F)cn2C1CC(OCN=[N+]=[N-])C(CO)O1. The maximum absolute atomic E-state index is 12.4. The minimum Gasteiger partial charge on any atom is -0.394 e. The second-order valence-electron chi connectivity index (χ2n) is 13.4. The molecule has 4 aromatic heterocycles. The smallest absolute Gasteiger partial charge is 0.394 e. The molecule has 0 bridgehead atoms. The molecule has 2 aliphatic rings. The second-order valence-corrected chi connectivity index (χ2v) is 13.4. The van der Waals surface area contributed by atoms with E-state index in [-0.39, 0.29) is 57.3 Å². The minimum absolute atomic E-state index is 0.0253. The summed E-state index contributed by atoms with van der Waals surface area (Å²) in [5, 5.41) is 19.2. The zero-order valence-corrected chi connectivity index (χ0v) is 33.5. The lowest BCUT2D eigenvalue weighted by molar-refractivity contribution is -0.173. The average molecular weight is 866 g/mol. The van der Waals surface area contributed by atoms with Gasteiger partial charge in [0.05, 0.1) is 66.2 Å². The predicted molar refractivity (Wildman–Crippen MR) is 215 cm³/mol. The molecular formula is C36H42F3N17O6. The Morgan fingerprint density at radius 2 is 1.55 bits per heavy atom. The van der Waals surface area contributed by atoms with Gasteiger partial charge in [-0.05, 0) is 17.5 Å². The van der Waals surface area contributed by atoms with E-state index in [0.29, 0.717) is 45.4 Å². The molecule has 0 radical (unpaired) electrons. The fraction of sp³-hybridized carbons (Fsp3) is 0.500. The summed E-state index contributed by atoms with van der Waals surface area (Å²) >= 11 is 0. The van der Waals surface area contributed by atoms with E-state index in [2.05, 4.69) is 68.7 Å². The fourth-order valence-corrected chi connectivity index (χ4v) is 6.51. The number of azide groups is 2. The van der Waals surface area contributed by atoms with Crippen molar-refractivity contribution in [2.24, 2.45) is 21.0 Å². The normalized spacial score (nSPS) is 20.6. The number of carbonyl (C=O) groups is 1. The number of nitrogen functional groups attached to an aromatic ring is 1. The number of nitrogens with zero attached hydrogens (tertiary/aromatic N) is 14. The predicted octanol–water partition coefficient (Wildman–Crippen LogP) is 3.29. The number of halogens is 3. The van der Waals surface area contributed by atoms with Crippen LogP contribution in [0, 0.1) is 23.7 Å². The summed E-state index contributed by atoms with van der Waals surface area (Å²) < 4.78 is 63.9. The highest BCUT2D eigenvalue weighted by atomic mass is 19.4. The second kappa shape index (κ2) is 21.7. The number of aliphatic hydroxyl groups excluding tert-OH is 1. The van der Waals surface area contributed by atoms with Crippen LogP contribution < -0.4 is 16.8 Å². The highest BCUT2D eigenvalue weighted by Crippen LogP contribution is 2.38. The van der Waals surface area contributed by atoms with Crippen LogP contribution in [0.15, 0.2) is 40.3 Å². The number of fused-ring (bicyclic) bond motifs is 2. The lowest BCUT2D eigenvalue weighted by Crippen LogP contribution is -2.36. The van der Waals surface area contributed by atoms with Crippen LogP contribution in [0.5, 0.6) is 0 Å². The number of alkyl halides is 3. The summed E-state index contributed by atoms with van der Waals surface area (Å²) in [6.45, 7) is 1.09. The van der Waals surface area contributed by atoms with Gasteiger partial charge in [0.15, 0.2) is 5.82 Å². The molecule has 4 aromatic rings. The topological polar surface area (TPSA) is 313 Å². The molecule has 2 saturated heterocycles. The number of carbonyl (C=O) groups excluding carboxylic acids is 1. The molecule has 6 N–H and O–H groups in total. The summed E-state index contributed by atoms with van der Waals surface area (Å²) in [4.78, 5) is 39.2. The van der Waals surface area contributed by atoms with Crippen molar-refractivity contribution < 1.29 is 42.0 Å². The Labute approximate surface area is 350 Å². The molecule has 328 valence electrons. The summed E-state index contributed by atoms with van der Waals surface area (Å²) in [6.07, 6.45) is 1.73. The van der Waals surface area contributed by atoms with E-state index >= 15 is 0 Å². The third-order valence-corrected chi connectivity index (χ3v) is 9.16. The number of rotatable bonds is 13. The molecule has 23 nitrogen and oxygen atoms in total. The summed E-state index contributed by atoms with van der Waals surface area (Å²) in [5.41, 5.74) is 30.4. The number of nitrogens with two attached hydrogens (primary N) is 2. The van der Waals surface area contributed by atoms with Crippen LogP contribution in [0.1, 0.15) is 49.8 Å². The maximum Gasteiger partial charge on any atom is 0.471 e. The first-order chi connectivity index (χ1) is 29.8. The quantitative estimate of drug-likeness (QED) is 0.0375. The molecule has 2 fully saturated rings. The Bertz CT molecular complexity index is 2460. The van der Waals surface area contributed by atoms with Gasteiger partial charge >= 0.3 is 12.1 Å². The van der Waals surface area contributed by atoms with Crippen LogP contribution in [0.2, 0.25) is 0 Å². The van der Waals surface area contributed by atoms with Crippen molar-refractivity contribution in [3.05, 3.63) is 57.1 Å². The number of hydrogen-bond acceptors (Lipinski definition) is 15. The highest BCUT2D eigenvalue weighted by molar-refractivity contribution is 5.94. The summed E-state index contributed by atoms with van der Waals surface area (Å²) in [6, 6.07) is 0. The number of aliphatic hydroxyl groups is 1. The van der Waals surface area contributed by atoms with Crippen molar-refractivity contribution in [3.63, 3.8) is 0 Å². The lowest BCUT2D eigenvalue weighted by atomic mass is 10.1. The Hall–Kier alpha value is -6.73. The molecule has 2 aliphatic heterocycles. The third-order valence-electron chi connectivity index (χ3n) is 9.16. The highest BCUT2D eigenvalue weighted by Gasteiger charge is 2.39. The standard InChI is InChI=1S/C20H22F3N9O4.C16H20N8O2/c1-31(2)10-28-17-16-12(4-3-5-25-19(34)20(21,22)23)7-32(18(16)27-9-26-17)15-6-13(14(8-33)36-15)35-11-29-30-24;1-2-11-12(25-9-22-23-19)6-13(26-11)24-7-10(4-3-5-17)14-15(18)20-8-21-16(14)24/h7,9-10,13-15,33H,5-6,8,11H2,1-2H3,(H,25,34);7-8,11-13H,2,5-6,9,17H2,1H3,(H2,18,20,21). The van der Waals surface area contributed by atoms with Crippen LogP contribution in [0.3, 0.4) is 0 Å². The first-order valence-corrected chi connectivity index (χ1v) is 18.7. The van der Waals surface area contributed by atoms with Crippen molar-refractivity contribution in [1.82, 2.24) is 39.3 Å². The number of ether oxygens (including phenoxy) is 4. The molecule has 0 aromatic carbocycles. The van der Waals surface area contributed by atoms with Crippen molar-refractivity contribution in [2.45, 2.75) is 69.2 Å². The lowest BCUT2D eigenvalue weighted by Gasteiger charge is -2.16. The van der Waals surface area contributed by atoms with E-state index in [1.165, 1.54) is 19.0 Å². The number of hydrogen-bond donors (Lipinski definition) is 4. The first-order valence-electron chi connectivity index (χ1n) is 18.7. The van der Waals surface area contributed by atoms with Gasteiger partial charge < -0.3 is 54.9 Å². The van der Waals surface area contributed by atoms with E-state index in [4.69, 9.17) is 41.5 Å². The Kier molecular flexibility index (Phi) is 16.2. The summed E-state index contributed by atoms with van der Waals surface area (Å²) in [5.74, 6) is 9.58. The molecule has 26 heteroatoms. The average Bonchev–Trinajstić information content (AvgIpc) is 4.04. The largest absolute Gasteiger partial charge is 0.471 e. The number of amides is 1. The van der Waals surface area contributed by atoms with Gasteiger partial charge in [-0.3, -0.25) is 4.79 Å². The molecule has 6 rings (SSSR count). The molecule has 0 saturated carbocycles. The van der Waals surface area contributed by atoms with Gasteiger partial charge in [-0.25, -0.2) is 24.9 Å². The Balaban J connectivity index is 0.000000246.